The van der Waals surface area contributed by atoms with Gasteiger partial charge in [-0.3, -0.25) is 4.79 Å². The zero-order valence-corrected chi connectivity index (χ0v) is 32.7. The Morgan fingerprint density at radius 1 is 0.608 bits per heavy atom. The Morgan fingerprint density at radius 2 is 1.02 bits per heavy atom. The van der Waals surface area contributed by atoms with Gasteiger partial charge in [0.05, 0.1) is 25.4 Å². The molecule has 1 aliphatic heterocycles. The monoisotopic (exact) mass is 732 g/mol. The van der Waals surface area contributed by atoms with Crippen molar-refractivity contribution in [3.05, 3.63) is 0 Å². The summed E-state index contributed by atoms with van der Waals surface area (Å²) in [5.74, 6) is -0.256. The molecule has 2 unspecified atom stereocenters. The lowest BCUT2D eigenvalue weighted by Crippen LogP contribution is -2.60. The molecule has 0 bridgehead atoms. The first-order valence-corrected chi connectivity index (χ1v) is 21.3. The molecule has 51 heavy (non-hydrogen) atoms. The highest BCUT2D eigenvalue weighted by Gasteiger charge is 2.44. The molecule has 0 aromatic rings. The molecular weight excluding hydrogens is 650 g/mol. The van der Waals surface area contributed by atoms with Gasteiger partial charge in [-0.1, -0.05) is 174 Å². The van der Waals surface area contributed by atoms with Crippen molar-refractivity contribution >= 4 is 5.91 Å². The van der Waals surface area contributed by atoms with E-state index in [2.05, 4.69) is 19.2 Å². The van der Waals surface area contributed by atoms with Crippen molar-refractivity contribution in [2.75, 3.05) is 13.2 Å². The number of rotatable bonds is 35. The highest BCUT2D eigenvalue weighted by Crippen LogP contribution is 2.23. The summed E-state index contributed by atoms with van der Waals surface area (Å²) in [7, 11) is 0. The summed E-state index contributed by atoms with van der Waals surface area (Å²) in [6.45, 7) is 3.59. The number of hydrogen-bond donors (Lipinski definition) is 7. The fraction of sp³-hybridized carbons (Fsp3) is 0.976. The Labute approximate surface area is 311 Å². The maximum atomic E-state index is 12.9. The summed E-state index contributed by atoms with van der Waals surface area (Å²) in [6, 6.07) is -0.982. The second-order valence-corrected chi connectivity index (χ2v) is 15.3. The summed E-state index contributed by atoms with van der Waals surface area (Å²) >= 11 is 0. The predicted octanol–water partition coefficient (Wildman–Crippen LogP) is 6.97. The van der Waals surface area contributed by atoms with E-state index in [4.69, 9.17) is 9.47 Å². The van der Waals surface area contributed by atoms with E-state index >= 15 is 0 Å². The van der Waals surface area contributed by atoms with Gasteiger partial charge in [0.25, 0.3) is 0 Å². The molecule has 1 heterocycles. The number of carbonyl (C=O) groups excluding carboxylic acids is 1. The third kappa shape index (κ3) is 23.5. The van der Waals surface area contributed by atoms with Gasteiger partial charge in [0.2, 0.25) is 5.91 Å². The first-order chi connectivity index (χ1) is 24.8. The van der Waals surface area contributed by atoms with Gasteiger partial charge in [-0.15, -0.1) is 0 Å². The standard InChI is InChI=1S/C41H81NO9/c1-3-5-7-9-11-13-15-16-17-18-20-22-24-26-28-30-36(45)42-33(32-50-41-40(49)39(48)38(47)35(31-43)51-41)37(46)34(44)29-27-25-23-21-19-14-12-10-8-6-4-2/h33-35,37-41,43-44,46-49H,3-32H2,1-2H3,(H,42,45)/t33-,34+,35+,37-,38-,39?,40?,41+/m0/s1. The molecule has 10 heteroatoms. The summed E-state index contributed by atoms with van der Waals surface area (Å²) < 4.78 is 11.1. The van der Waals surface area contributed by atoms with Crippen molar-refractivity contribution in [2.45, 2.75) is 243 Å². The molecule has 10 nitrogen and oxygen atoms in total. The van der Waals surface area contributed by atoms with E-state index in [1.165, 1.54) is 116 Å². The summed E-state index contributed by atoms with van der Waals surface area (Å²) in [4.78, 5) is 12.9. The number of unbranched alkanes of at least 4 members (excludes halogenated alkanes) is 24. The number of aliphatic hydroxyl groups excluding tert-OH is 6. The van der Waals surface area contributed by atoms with Gasteiger partial charge in [0.15, 0.2) is 6.29 Å². The third-order valence-electron chi connectivity index (χ3n) is 10.6. The normalized spacial score (nSPS) is 22.5. The third-order valence-corrected chi connectivity index (χ3v) is 10.6. The van der Waals surface area contributed by atoms with Gasteiger partial charge in [0.1, 0.15) is 30.5 Å². The van der Waals surface area contributed by atoms with E-state index in [-0.39, 0.29) is 18.9 Å². The molecule has 1 amide bonds. The molecule has 0 aromatic carbocycles. The quantitative estimate of drug-likeness (QED) is 0.0341. The molecule has 0 aliphatic carbocycles. The zero-order valence-electron chi connectivity index (χ0n) is 32.7. The van der Waals surface area contributed by atoms with Crippen LogP contribution in [0.1, 0.15) is 194 Å². The van der Waals surface area contributed by atoms with E-state index in [9.17, 15) is 35.4 Å². The molecule has 304 valence electrons. The van der Waals surface area contributed by atoms with Crippen molar-refractivity contribution in [3.63, 3.8) is 0 Å². The highest BCUT2D eigenvalue weighted by molar-refractivity contribution is 5.76. The lowest BCUT2D eigenvalue weighted by atomic mass is 9.98. The molecule has 1 saturated heterocycles. The Hall–Kier alpha value is -0.850. The Morgan fingerprint density at radius 3 is 1.45 bits per heavy atom. The molecule has 0 saturated carbocycles. The lowest BCUT2D eigenvalue weighted by Gasteiger charge is -2.40. The summed E-state index contributed by atoms with van der Waals surface area (Å²) in [6.07, 6.45) is 22.5. The second-order valence-electron chi connectivity index (χ2n) is 15.3. The average molecular weight is 732 g/mol. The smallest absolute Gasteiger partial charge is 0.220 e. The largest absolute Gasteiger partial charge is 0.394 e. The maximum absolute atomic E-state index is 12.9. The van der Waals surface area contributed by atoms with E-state index in [1.807, 2.05) is 0 Å². The number of hydrogen-bond acceptors (Lipinski definition) is 9. The number of carbonyl (C=O) groups is 1. The summed E-state index contributed by atoms with van der Waals surface area (Å²) in [5, 5.41) is 64.9. The molecule has 8 atom stereocenters. The van der Waals surface area contributed by atoms with Gasteiger partial charge < -0.3 is 45.4 Å². The van der Waals surface area contributed by atoms with Crippen LogP contribution in [-0.4, -0.2) is 98.7 Å². The van der Waals surface area contributed by atoms with Crippen LogP contribution in [0.3, 0.4) is 0 Å². The topological polar surface area (TPSA) is 169 Å². The van der Waals surface area contributed by atoms with Gasteiger partial charge in [-0.2, -0.15) is 0 Å². The van der Waals surface area contributed by atoms with Crippen molar-refractivity contribution in [1.82, 2.24) is 5.32 Å². The number of aliphatic hydroxyl groups is 6. The molecule has 7 N–H and O–H groups in total. The minimum atomic E-state index is -1.60. The minimum absolute atomic E-state index is 0.256. The molecule has 1 aliphatic rings. The first kappa shape index (κ1) is 48.2. The van der Waals surface area contributed by atoms with E-state index in [0.29, 0.717) is 6.42 Å². The van der Waals surface area contributed by atoms with Gasteiger partial charge in [-0.05, 0) is 12.8 Å². The Bertz CT molecular complexity index is 788. The van der Waals surface area contributed by atoms with Crippen LogP contribution < -0.4 is 5.32 Å². The van der Waals surface area contributed by atoms with Gasteiger partial charge >= 0.3 is 0 Å². The Kier molecular flexibility index (Phi) is 30.8. The molecule has 0 radical (unpaired) electrons. The van der Waals surface area contributed by atoms with Crippen LogP contribution >= 0.6 is 0 Å². The van der Waals surface area contributed by atoms with E-state index in [0.717, 1.165) is 51.4 Å². The van der Waals surface area contributed by atoms with Crippen LogP contribution in [0.4, 0.5) is 0 Å². The van der Waals surface area contributed by atoms with E-state index < -0.39 is 55.6 Å². The molecule has 1 fully saturated rings. The highest BCUT2D eigenvalue weighted by atomic mass is 16.7. The fourth-order valence-corrected chi connectivity index (χ4v) is 7.02. The van der Waals surface area contributed by atoms with Crippen LogP contribution in [0.15, 0.2) is 0 Å². The predicted molar refractivity (Wildman–Crippen MR) is 204 cm³/mol. The number of nitrogens with one attached hydrogen (secondary N) is 1. The van der Waals surface area contributed by atoms with Crippen molar-refractivity contribution in [1.29, 1.82) is 0 Å². The minimum Gasteiger partial charge on any atom is -0.394 e. The average Bonchev–Trinajstić information content (AvgIpc) is 3.13. The van der Waals surface area contributed by atoms with Crippen molar-refractivity contribution in [2.24, 2.45) is 0 Å². The van der Waals surface area contributed by atoms with Gasteiger partial charge in [0, 0.05) is 6.42 Å². The number of amides is 1. The Balaban J connectivity index is 2.43. The molecule has 1 rings (SSSR count). The second kappa shape index (κ2) is 32.6. The molecule has 0 spiro atoms. The van der Waals surface area contributed by atoms with Gasteiger partial charge in [-0.25, -0.2) is 0 Å². The van der Waals surface area contributed by atoms with Crippen LogP contribution in [0.2, 0.25) is 0 Å². The fourth-order valence-electron chi connectivity index (χ4n) is 7.02. The number of ether oxygens (including phenoxy) is 2. The maximum Gasteiger partial charge on any atom is 0.220 e. The van der Waals surface area contributed by atoms with Crippen LogP contribution in [0, 0.1) is 0 Å². The molecule has 0 aromatic heterocycles. The van der Waals surface area contributed by atoms with Crippen LogP contribution in [0.25, 0.3) is 0 Å². The van der Waals surface area contributed by atoms with E-state index in [1.54, 1.807) is 0 Å². The van der Waals surface area contributed by atoms with Crippen LogP contribution in [-0.2, 0) is 14.3 Å². The molecular formula is C41H81NO9. The first-order valence-electron chi connectivity index (χ1n) is 21.3. The van der Waals surface area contributed by atoms with Crippen molar-refractivity contribution < 1.29 is 44.9 Å². The van der Waals surface area contributed by atoms with Crippen LogP contribution in [0.5, 0.6) is 0 Å². The zero-order chi connectivity index (χ0) is 37.5. The van der Waals surface area contributed by atoms with Crippen molar-refractivity contribution in [3.8, 4) is 0 Å². The lowest BCUT2D eigenvalue weighted by molar-refractivity contribution is -0.303. The SMILES string of the molecule is CCCCCCCCCCCCCCCCCC(=O)N[C@@H](CO[C@@H]1O[C@H](CO)[C@H](O)C(O)C1O)[C@H](O)[C@H](O)CCCCCCCCCCCCC. The summed E-state index contributed by atoms with van der Waals surface area (Å²) in [5.41, 5.74) is 0.